The van der Waals surface area contributed by atoms with Gasteiger partial charge in [-0.2, -0.15) is 0 Å². The molecule has 0 aliphatic heterocycles. The van der Waals surface area contributed by atoms with Gasteiger partial charge >= 0.3 is 0 Å². The van der Waals surface area contributed by atoms with Crippen molar-refractivity contribution in [1.29, 1.82) is 0 Å². The predicted octanol–water partition coefficient (Wildman–Crippen LogP) is 3.15. The van der Waals surface area contributed by atoms with Crippen molar-refractivity contribution in [2.24, 2.45) is 0 Å². The summed E-state index contributed by atoms with van der Waals surface area (Å²) in [5.74, 6) is 0. The molecule has 0 aromatic heterocycles. The first-order valence-electron chi connectivity index (χ1n) is 3.76. The fraction of sp³-hybridized carbons (Fsp3) is 0.200. The van der Waals surface area contributed by atoms with Crippen molar-refractivity contribution >= 4 is 15.9 Å². The van der Waals surface area contributed by atoms with E-state index < -0.39 is 0 Å². The highest BCUT2D eigenvalue weighted by Crippen LogP contribution is 2.10. The first-order valence-corrected chi connectivity index (χ1v) is 4.55. The van der Waals surface area contributed by atoms with Crippen LogP contribution in [0.4, 0.5) is 0 Å². The summed E-state index contributed by atoms with van der Waals surface area (Å²) in [6.07, 6.45) is 1.75. The lowest BCUT2D eigenvalue weighted by Gasteiger charge is -2.00. The maximum Gasteiger partial charge on any atom is 0.0721 e. The lowest BCUT2D eigenvalue weighted by atomic mass is 10.2. The Balaban J connectivity index is 2.42. The fourth-order valence-electron chi connectivity index (χ4n) is 0.841. The van der Waals surface area contributed by atoms with E-state index in [0.29, 0.717) is 13.2 Å². The van der Waals surface area contributed by atoms with E-state index in [1.807, 2.05) is 24.3 Å². The smallest absolute Gasteiger partial charge is 0.0721 e. The summed E-state index contributed by atoms with van der Waals surface area (Å²) in [6, 6.07) is 8.08. The van der Waals surface area contributed by atoms with Gasteiger partial charge < -0.3 is 4.74 Å². The van der Waals surface area contributed by atoms with Crippen molar-refractivity contribution in [3.63, 3.8) is 0 Å². The van der Waals surface area contributed by atoms with E-state index in [9.17, 15) is 0 Å². The molecule has 1 rings (SSSR count). The molecular formula is C10H11BrO. The Morgan fingerprint density at radius 3 is 2.58 bits per heavy atom. The highest BCUT2D eigenvalue weighted by molar-refractivity contribution is 9.10. The first kappa shape index (κ1) is 9.49. The Kier molecular flexibility index (Phi) is 4.05. The zero-order chi connectivity index (χ0) is 8.81. The van der Waals surface area contributed by atoms with Crippen molar-refractivity contribution in [2.75, 3.05) is 6.61 Å². The second-order valence-corrected chi connectivity index (χ2v) is 3.35. The Hall–Kier alpha value is -0.600. The van der Waals surface area contributed by atoms with Crippen LogP contribution in [0.1, 0.15) is 5.56 Å². The van der Waals surface area contributed by atoms with Gasteiger partial charge in [0.2, 0.25) is 0 Å². The van der Waals surface area contributed by atoms with E-state index in [0.717, 1.165) is 4.47 Å². The van der Waals surface area contributed by atoms with E-state index in [4.69, 9.17) is 4.74 Å². The van der Waals surface area contributed by atoms with Crippen LogP contribution >= 0.6 is 15.9 Å². The van der Waals surface area contributed by atoms with Gasteiger partial charge in [0.15, 0.2) is 0 Å². The lowest BCUT2D eigenvalue weighted by Crippen LogP contribution is -1.91. The molecule has 0 bridgehead atoms. The molecular weight excluding hydrogens is 216 g/mol. The molecule has 0 aliphatic carbocycles. The SMILES string of the molecule is C=CCOCc1ccc(Br)cc1. The molecule has 0 atom stereocenters. The Morgan fingerprint density at radius 1 is 1.33 bits per heavy atom. The molecule has 0 amide bonds. The molecule has 1 aromatic rings. The summed E-state index contributed by atoms with van der Waals surface area (Å²) < 4.78 is 6.37. The number of hydrogen-bond donors (Lipinski definition) is 0. The van der Waals surface area contributed by atoms with E-state index in [-0.39, 0.29) is 0 Å². The fourth-order valence-corrected chi connectivity index (χ4v) is 1.11. The van der Waals surface area contributed by atoms with Crippen LogP contribution in [0.3, 0.4) is 0 Å². The van der Waals surface area contributed by atoms with E-state index in [2.05, 4.69) is 22.5 Å². The average molecular weight is 227 g/mol. The molecule has 0 fully saturated rings. The van der Waals surface area contributed by atoms with Crippen LogP contribution in [0.2, 0.25) is 0 Å². The molecule has 0 unspecified atom stereocenters. The topological polar surface area (TPSA) is 9.23 Å². The van der Waals surface area contributed by atoms with Crippen molar-refractivity contribution in [2.45, 2.75) is 6.61 Å². The Morgan fingerprint density at radius 2 is 2.00 bits per heavy atom. The molecule has 0 radical (unpaired) electrons. The summed E-state index contributed by atoms with van der Waals surface area (Å²) in [4.78, 5) is 0. The largest absolute Gasteiger partial charge is 0.373 e. The number of hydrogen-bond acceptors (Lipinski definition) is 1. The van der Waals surface area contributed by atoms with Gasteiger partial charge in [-0.1, -0.05) is 34.1 Å². The molecule has 12 heavy (non-hydrogen) atoms. The van der Waals surface area contributed by atoms with Crippen LogP contribution in [-0.4, -0.2) is 6.61 Å². The average Bonchev–Trinajstić information content (AvgIpc) is 2.09. The van der Waals surface area contributed by atoms with Crippen LogP contribution in [0.25, 0.3) is 0 Å². The zero-order valence-corrected chi connectivity index (χ0v) is 8.38. The van der Waals surface area contributed by atoms with Crippen molar-refractivity contribution in [3.8, 4) is 0 Å². The van der Waals surface area contributed by atoms with Gasteiger partial charge in [-0.25, -0.2) is 0 Å². The normalized spacial score (nSPS) is 9.75. The standard InChI is InChI=1S/C10H11BrO/c1-2-7-12-8-9-3-5-10(11)6-4-9/h2-6H,1,7-8H2. The van der Waals surface area contributed by atoms with Gasteiger partial charge in [-0.15, -0.1) is 6.58 Å². The third-order valence-corrected chi connectivity index (χ3v) is 1.95. The maximum absolute atomic E-state index is 5.28. The van der Waals surface area contributed by atoms with Crippen LogP contribution in [0, 0.1) is 0 Å². The first-order chi connectivity index (χ1) is 5.83. The minimum atomic E-state index is 0.607. The third kappa shape index (κ3) is 3.20. The molecule has 0 spiro atoms. The van der Waals surface area contributed by atoms with Crippen molar-refractivity contribution < 1.29 is 4.74 Å². The minimum Gasteiger partial charge on any atom is -0.373 e. The van der Waals surface area contributed by atoms with Gasteiger partial charge in [-0.05, 0) is 17.7 Å². The molecule has 1 nitrogen and oxygen atoms in total. The van der Waals surface area contributed by atoms with E-state index in [1.165, 1.54) is 5.56 Å². The van der Waals surface area contributed by atoms with Gasteiger partial charge in [0.05, 0.1) is 13.2 Å². The molecule has 0 aliphatic rings. The molecule has 0 heterocycles. The highest BCUT2D eigenvalue weighted by Gasteiger charge is 1.91. The van der Waals surface area contributed by atoms with Gasteiger partial charge in [0.25, 0.3) is 0 Å². The summed E-state index contributed by atoms with van der Waals surface area (Å²) in [5, 5.41) is 0. The quantitative estimate of drug-likeness (QED) is 0.567. The molecule has 0 saturated carbocycles. The van der Waals surface area contributed by atoms with Crippen molar-refractivity contribution in [1.82, 2.24) is 0 Å². The summed E-state index contributed by atoms with van der Waals surface area (Å²) in [7, 11) is 0. The number of benzene rings is 1. The third-order valence-electron chi connectivity index (χ3n) is 1.42. The molecule has 0 N–H and O–H groups in total. The molecule has 2 heteroatoms. The van der Waals surface area contributed by atoms with E-state index >= 15 is 0 Å². The Bertz CT molecular complexity index is 241. The molecule has 1 aromatic carbocycles. The summed E-state index contributed by atoms with van der Waals surface area (Å²) >= 11 is 3.37. The van der Waals surface area contributed by atoms with Crippen LogP contribution in [0.15, 0.2) is 41.4 Å². The van der Waals surface area contributed by atoms with Crippen LogP contribution < -0.4 is 0 Å². The predicted molar refractivity (Wildman–Crippen MR) is 54.0 cm³/mol. The number of halogens is 1. The second-order valence-electron chi connectivity index (χ2n) is 2.43. The van der Waals surface area contributed by atoms with E-state index in [1.54, 1.807) is 6.08 Å². The van der Waals surface area contributed by atoms with Gasteiger partial charge in [0.1, 0.15) is 0 Å². The molecule has 64 valence electrons. The second kappa shape index (κ2) is 5.12. The van der Waals surface area contributed by atoms with Gasteiger partial charge in [0, 0.05) is 4.47 Å². The molecule has 0 saturated heterocycles. The summed E-state index contributed by atoms with van der Waals surface area (Å²) in [6.45, 7) is 4.83. The number of rotatable bonds is 4. The zero-order valence-electron chi connectivity index (χ0n) is 6.79. The van der Waals surface area contributed by atoms with Gasteiger partial charge in [-0.3, -0.25) is 0 Å². The van der Waals surface area contributed by atoms with Crippen LogP contribution in [-0.2, 0) is 11.3 Å². The summed E-state index contributed by atoms with van der Waals surface area (Å²) in [5.41, 5.74) is 1.18. The number of ether oxygens (including phenoxy) is 1. The Labute approximate surface area is 81.2 Å². The van der Waals surface area contributed by atoms with Crippen LogP contribution in [0.5, 0.6) is 0 Å². The monoisotopic (exact) mass is 226 g/mol. The highest BCUT2D eigenvalue weighted by atomic mass is 79.9. The van der Waals surface area contributed by atoms with Crippen molar-refractivity contribution in [3.05, 3.63) is 47.0 Å². The maximum atomic E-state index is 5.28. The lowest BCUT2D eigenvalue weighted by molar-refractivity contribution is 0.149. The minimum absolute atomic E-state index is 0.607.